The Morgan fingerprint density at radius 3 is 3.00 bits per heavy atom. The second-order valence-corrected chi connectivity index (χ2v) is 5.16. The molecule has 94 valence electrons. The van der Waals surface area contributed by atoms with Gasteiger partial charge in [-0.2, -0.15) is 0 Å². The summed E-state index contributed by atoms with van der Waals surface area (Å²) in [5.41, 5.74) is 0.202. The maximum absolute atomic E-state index is 12.2. The van der Waals surface area contributed by atoms with Crippen molar-refractivity contribution in [2.75, 3.05) is 19.0 Å². The molecule has 0 bridgehead atoms. The highest BCUT2D eigenvalue weighted by molar-refractivity contribution is 6.18. The molecule has 1 aliphatic rings. The third-order valence-corrected chi connectivity index (χ3v) is 3.05. The lowest BCUT2D eigenvalue weighted by molar-refractivity contribution is -0.117. The van der Waals surface area contributed by atoms with Gasteiger partial charge in [-0.25, -0.2) is 0 Å². The van der Waals surface area contributed by atoms with Gasteiger partial charge in [0.2, 0.25) is 0 Å². The van der Waals surface area contributed by atoms with Crippen molar-refractivity contribution in [3.8, 4) is 0 Å². The number of amides is 1. The number of hydrogen-bond acceptors (Lipinski definition) is 3. The molecular weight excluding hydrogens is 242 g/mol. The lowest BCUT2D eigenvalue weighted by Crippen LogP contribution is -2.55. The molecule has 0 spiro atoms. The first-order valence-electron chi connectivity index (χ1n) is 5.57. The predicted octanol–water partition coefficient (Wildman–Crippen LogP) is 2.14. The van der Waals surface area contributed by atoms with Crippen LogP contribution in [0.15, 0.2) is 23.0 Å². The molecule has 1 atom stereocenters. The Hall–Kier alpha value is -1.00. The number of halogens is 1. The van der Waals surface area contributed by atoms with E-state index in [-0.39, 0.29) is 17.6 Å². The smallest absolute Gasteiger partial charge is 0.257 e. The van der Waals surface area contributed by atoms with Crippen LogP contribution >= 0.6 is 11.6 Å². The van der Waals surface area contributed by atoms with Crippen LogP contribution in [0, 0.1) is 0 Å². The monoisotopic (exact) mass is 257 g/mol. The van der Waals surface area contributed by atoms with Gasteiger partial charge in [0.1, 0.15) is 6.26 Å². The summed E-state index contributed by atoms with van der Waals surface area (Å²) >= 11 is 5.82. The minimum atomic E-state index is -0.364. The molecule has 0 radical (unpaired) electrons. The Labute approximate surface area is 105 Å². The Bertz CT molecular complexity index is 388. The highest BCUT2D eigenvalue weighted by Gasteiger charge is 2.35. The Kier molecular flexibility index (Phi) is 3.45. The van der Waals surface area contributed by atoms with Crippen LogP contribution in [0.25, 0.3) is 0 Å². The molecule has 1 aliphatic heterocycles. The molecule has 2 rings (SSSR count). The molecule has 0 aliphatic carbocycles. The average molecular weight is 258 g/mol. The number of hydrogen-bond donors (Lipinski definition) is 0. The van der Waals surface area contributed by atoms with Crippen molar-refractivity contribution >= 4 is 17.5 Å². The van der Waals surface area contributed by atoms with Crippen LogP contribution in [0.3, 0.4) is 0 Å². The second-order valence-electron chi connectivity index (χ2n) is 4.85. The van der Waals surface area contributed by atoms with E-state index in [9.17, 15) is 4.79 Å². The van der Waals surface area contributed by atoms with Crippen LogP contribution in [-0.2, 0) is 4.74 Å². The molecule has 1 fully saturated rings. The first-order valence-corrected chi connectivity index (χ1v) is 6.10. The quantitative estimate of drug-likeness (QED) is 0.763. The van der Waals surface area contributed by atoms with Gasteiger partial charge < -0.3 is 14.1 Å². The zero-order chi connectivity index (χ0) is 12.5. The molecular formula is C12H16ClNO3. The summed E-state index contributed by atoms with van der Waals surface area (Å²) in [6.07, 6.45) is 2.84. The van der Waals surface area contributed by atoms with E-state index >= 15 is 0 Å². The first-order chi connectivity index (χ1) is 8.02. The number of carbonyl (C=O) groups excluding carboxylic acids is 1. The van der Waals surface area contributed by atoms with Crippen molar-refractivity contribution in [1.82, 2.24) is 4.90 Å². The van der Waals surface area contributed by atoms with Gasteiger partial charge in [0.15, 0.2) is 0 Å². The molecule has 1 amide bonds. The lowest BCUT2D eigenvalue weighted by atomic mass is 10.0. The number of alkyl halides is 1. The van der Waals surface area contributed by atoms with Gasteiger partial charge in [0, 0.05) is 13.1 Å². The van der Waals surface area contributed by atoms with Crippen molar-refractivity contribution in [3.63, 3.8) is 0 Å². The van der Waals surface area contributed by atoms with Crippen LogP contribution in [0.2, 0.25) is 0 Å². The molecule has 0 saturated carbocycles. The zero-order valence-electron chi connectivity index (χ0n) is 9.98. The SMILES string of the molecule is CC1(C)CN(C(=O)c2ccoc2)CC(CCl)O1. The number of rotatable bonds is 2. The Morgan fingerprint density at radius 1 is 1.65 bits per heavy atom. The van der Waals surface area contributed by atoms with Crippen molar-refractivity contribution in [2.24, 2.45) is 0 Å². The molecule has 1 aromatic rings. The fourth-order valence-electron chi connectivity index (χ4n) is 2.10. The molecule has 1 saturated heterocycles. The summed E-state index contributed by atoms with van der Waals surface area (Å²) in [5.74, 6) is 0.351. The standard InChI is InChI=1S/C12H16ClNO3/c1-12(2)8-14(6-10(5-13)17-12)11(15)9-3-4-16-7-9/h3-4,7,10H,5-6,8H2,1-2H3. The van der Waals surface area contributed by atoms with Gasteiger partial charge in [-0.1, -0.05) is 0 Å². The molecule has 17 heavy (non-hydrogen) atoms. The largest absolute Gasteiger partial charge is 0.472 e. The second kappa shape index (κ2) is 4.70. The summed E-state index contributed by atoms with van der Waals surface area (Å²) in [7, 11) is 0. The highest BCUT2D eigenvalue weighted by atomic mass is 35.5. The van der Waals surface area contributed by atoms with Gasteiger partial charge in [-0.05, 0) is 19.9 Å². The van der Waals surface area contributed by atoms with Crippen molar-refractivity contribution in [3.05, 3.63) is 24.2 Å². The minimum Gasteiger partial charge on any atom is -0.472 e. The van der Waals surface area contributed by atoms with Crippen molar-refractivity contribution < 1.29 is 13.9 Å². The molecule has 2 heterocycles. The number of ether oxygens (including phenoxy) is 1. The van der Waals surface area contributed by atoms with E-state index in [1.165, 1.54) is 12.5 Å². The fraction of sp³-hybridized carbons (Fsp3) is 0.583. The number of morpholine rings is 1. The third kappa shape index (κ3) is 2.82. The van der Waals surface area contributed by atoms with Crippen LogP contribution < -0.4 is 0 Å². The van der Waals surface area contributed by atoms with Gasteiger partial charge >= 0.3 is 0 Å². The lowest BCUT2D eigenvalue weighted by Gasteiger charge is -2.42. The summed E-state index contributed by atoms with van der Waals surface area (Å²) in [6.45, 7) is 5.00. The number of carbonyl (C=O) groups is 1. The van der Waals surface area contributed by atoms with Crippen LogP contribution in [0.5, 0.6) is 0 Å². The van der Waals surface area contributed by atoms with Gasteiger partial charge in [0.05, 0.1) is 29.4 Å². The first kappa shape index (κ1) is 12.5. The van der Waals surface area contributed by atoms with E-state index in [0.717, 1.165) is 0 Å². The molecule has 0 N–H and O–H groups in total. The van der Waals surface area contributed by atoms with Crippen molar-refractivity contribution in [1.29, 1.82) is 0 Å². The van der Waals surface area contributed by atoms with Gasteiger partial charge in [-0.3, -0.25) is 4.79 Å². The van der Waals surface area contributed by atoms with Crippen LogP contribution in [0.1, 0.15) is 24.2 Å². The Morgan fingerprint density at radius 2 is 2.41 bits per heavy atom. The summed E-state index contributed by atoms with van der Waals surface area (Å²) < 4.78 is 10.7. The predicted molar refractivity (Wildman–Crippen MR) is 64.3 cm³/mol. The fourth-order valence-corrected chi connectivity index (χ4v) is 2.26. The highest BCUT2D eigenvalue weighted by Crippen LogP contribution is 2.23. The van der Waals surface area contributed by atoms with E-state index < -0.39 is 0 Å². The van der Waals surface area contributed by atoms with Crippen LogP contribution in [0.4, 0.5) is 0 Å². The van der Waals surface area contributed by atoms with Gasteiger partial charge in [-0.15, -0.1) is 11.6 Å². The van der Waals surface area contributed by atoms with E-state index in [4.69, 9.17) is 20.8 Å². The Balaban J connectivity index is 2.12. The molecule has 4 nitrogen and oxygen atoms in total. The third-order valence-electron chi connectivity index (χ3n) is 2.71. The summed E-state index contributed by atoms with van der Waals surface area (Å²) in [4.78, 5) is 13.9. The topological polar surface area (TPSA) is 42.7 Å². The number of nitrogens with zero attached hydrogens (tertiary/aromatic N) is 1. The maximum atomic E-state index is 12.2. The molecule has 1 aromatic heterocycles. The van der Waals surface area contributed by atoms with Crippen LogP contribution in [-0.4, -0.2) is 41.5 Å². The van der Waals surface area contributed by atoms with E-state index in [1.54, 1.807) is 11.0 Å². The number of furan rings is 1. The summed E-state index contributed by atoms with van der Waals surface area (Å²) in [6, 6.07) is 1.67. The van der Waals surface area contributed by atoms with E-state index in [1.807, 2.05) is 13.8 Å². The molecule has 1 unspecified atom stereocenters. The van der Waals surface area contributed by atoms with E-state index in [2.05, 4.69) is 0 Å². The van der Waals surface area contributed by atoms with Gasteiger partial charge in [0.25, 0.3) is 5.91 Å². The molecule has 5 heteroatoms. The summed E-state index contributed by atoms with van der Waals surface area (Å²) in [5, 5.41) is 0. The van der Waals surface area contributed by atoms with Crippen molar-refractivity contribution in [2.45, 2.75) is 25.6 Å². The maximum Gasteiger partial charge on any atom is 0.257 e. The zero-order valence-corrected chi connectivity index (χ0v) is 10.7. The average Bonchev–Trinajstić information content (AvgIpc) is 2.79. The minimum absolute atomic E-state index is 0.0368. The van der Waals surface area contributed by atoms with E-state index in [0.29, 0.717) is 24.5 Å². The normalized spacial score (nSPS) is 23.7. The molecule has 0 aromatic carbocycles.